The SMILES string of the molecule is Bc1cn2nc(C)nc2c(N2CCOCC2)n1. The Morgan fingerprint density at radius 3 is 2.82 bits per heavy atom. The average Bonchev–Trinajstić information content (AvgIpc) is 2.69. The van der Waals surface area contributed by atoms with Crippen molar-refractivity contribution >= 4 is 24.9 Å². The third-order valence-electron chi connectivity index (χ3n) is 2.84. The summed E-state index contributed by atoms with van der Waals surface area (Å²) < 4.78 is 7.16. The molecule has 3 heterocycles. The number of anilines is 1. The molecule has 3 rings (SSSR count). The standard InChI is InChI=1S/C10H14BN5O/c1-7-12-10-9(15-2-4-17-5-3-15)13-8(11)6-16(10)14-7/h6H,2-5,11H2,1H3. The third kappa shape index (κ3) is 1.86. The van der Waals surface area contributed by atoms with Crippen LogP contribution in [0.5, 0.6) is 0 Å². The molecule has 0 unspecified atom stereocenters. The highest BCUT2D eigenvalue weighted by Crippen LogP contribution is 2.16. The molecule has 1 aliphatic heterocycles. The van der Waals surface area contributed by atoms with Gasteiger partial charge in [0.2, 0.25) is 0 Å². The van der Waals surface area contributed by atoms with E-state index in [0.29, 0.717) is 0 Å². The first-order valence-corrected chi connectivity index (χ1v) is 5.77. The zero-order chi connectivity index (χ0) is 11.8. The van der Waals surface area contributed by atoms with Gasteiger partial charge in [0.15, 0.2) is 19.3 Å². The van der Waals surface area contributed by atoms with E-state index in [2.05, 4.69) is 20.0 Å². The van der Waals surface area contributed by atoms with Gasteiger partial charge in [-0.2, -0.15) is 5.10 Å². The lowest BCUT2D eigenvalue weighted by Gasteiger charge is -2.27. The van der Waals surface area contributed by atoms with E-state index in [1.54, 1.807) is 0 Å². The number of morpholine rings is 1. The van der Waals surface area contributed by atoms with Crippen molar-refractivity contribution in [2.45, 2.75) is 6.92 Å². The van der Waals surface area contributed by atoms with E-state index >= 15 is 0 Å². The summed E-state index contributed by atoms with van der Waals surface area (Å²) in [4.78, 5) is 11.2. The van der Waals surface area contributed by atoms with Crippen molar-refractivity contribution in [1.29, 1.82) is 0 Å². The molecular weight excluding hydrogens is 217 g/mol. The fourth-order valence-corrected chi connectivity index (χ4v) is 2.08. The van der Waals surface area contributed by atoms with E-state index < -0.39 is 0 Å². The number of nitrogens with zero attached hydrogens (tertiary/aromatic N) is 5. The van der Waals surface area contributed by atoms with Gasteiger partial charge in [0.05, 0.1) is 13.2 Å². The van der Waals surface area contributed by atoms with Crippen LogP contribution in [-0.4, -0.2) is 53.7 Å². The average molecular weight is 231 g/mol. The summed E-state index contributed by atoms with van der Waals surface area (Å²) in [6.45, 7) is 5.10. The van der Waals surface area contributed by atoms with Crippen molar-refractivity contribution < 1.29 is 4.74 Å². The van der Waals surface area contributed by atoms with Crippen molar-refractivity contribution in [3.05, 3.63) is 12.0 Å². The quantitative estimate of drug-likeness (QED) is 0.561. The molecule has 0 radical (unpaired) electrons. The topological polar surface area (TPSA) is 55.5 Å². The van der Waals surface area contributed by atoms with Crippen molar-refractivity contribution in [3.63, 3.8) is 0 Å². The van der Waals surface area contributed by atoms with Gasteiger partial charge in [0.25, 0.3) is 0 Å². The summed E-state index contributed by atoms with van der Waals surface area (Å²) in [5, 5.41) is 4.34. The Labute approximate surface area is 100 Å². The van der Waals surface area contributed by atoms with Gasteiger partial charge >= 0.3 is 0 Å². The highest BCUT2D eigenvalue weighted by molar-refractivity contribution is 6.30. The molecular formula is C10H14BN5O. The zero-order valence-corrected chi connectivity index (χ0v) is 10.1. The molecule has 7 heteroatoms. The summed E-state index contributed by atoms with van der Waals surface area (Å²) in [6.07, 6.45) is 1.90. The molecule has 2 aromatic heterocycles. The maximum absolute atomic E-state index is 5.36. The summed E-state index contributed by atoms with van der Waals surface area (Å²) in [5.41, 5.74) is 1.78. The molecule has 88 valence electrons. The maximum atomic E-state index is 5.36. The van der Waals surface area contributed by atoms with Gasteiger partial charge < -0.3 is 9.64 Å². The molecule has 0 aromatic carbocycles. The normalized spacial score (nSPS) is 16.6. The Morgan fingerprint density at radius 1 is 1.29 bits per heavy atom. The van der Waals surface area contributed by atoms with Gasteiger partial charge in [-0.1, -0.05) is 0 Å². The monoisotopic (exact) mass is 231 g/mol. The summed E-state index contributed by atoms with van der Waals surface area (Å²) in [7, 11) is 1.97. The van der Waals surface area contributed by atoms with E-state index in [9.17, 15) is 0 Å². The van der Waals surface area contributed by atoms with E-state index in [-0.39, 0.29) is 0 Å². The predicted molar refractivity (Wildman–Crippen MR) is 66.7 cm³/mol. The smallest absolute Gasteiger partial charge is 0.198 e. The molecule has 1 fully saturated rings. The van der Waals surface area contributed by atoms with Crippen molar-refractivity contribution in [3.8, 4) is 0 Å². The number of hydrogen-bond donors (Lipinski definition) is 0. The van der Waals surface area contributed by atoms with E-state index in [1.165, 1.54) is 0 Å². The Bertz CT molecular complexity index is 549. The Balaban J connectivity index is 2.12. The van der Waals surface area contributed by atoms with Crippen molar-refractivity contribution in [2.24, 2.45) is 0 Å². The lowest BCUT2D eigenvalue weighted by Crippen LogP contribution is -2.38. The van der Waals surface area contributed by atoms with Gasteiger partial charge in [-0.3, -0.25) is 0 Å². The van der Waals surface area contributed by atoms with Crippen LogP contribution in [0.25, 0.3) is 5.65 Å². The van der Waals surface area contributed by atoms with Crippen LogP contribution in [0.2, 0.25) is 0 Å². The number of fused-ring (bicyclic) bond motifs is 1. The van der Waals surface area contributed by atoms with Gasteiger partial charge in [0, 0.05) is 24.9 Å². The summed E-state index contributed by atoms with van der Waals surface area (Å²) in [6, 6.07) is 0. The first-order chi connectivity index (χ1) is 8.24. The Kier molecular flexibility index (Phi) is 2.47. The molecule has 0 spiro atoms. The van der Waals surface area contributed by atoms with Crippen LogP contribution < -0.4 is 10.5 Å². The van der Waals surface area contributed by atoms with Crippen LogP contribution in [0.15, 0.2) is 6.20 Å². The van der Waals surface area contributed by atoms with Gasteiger partial charge in [-0.25, -0.2) is 14.5 Å². The van der Waals surface area contributed by atoms with Crippen LogP contribution in [0.4, 0.5) is 5.82 Å². The third-order valence-corrected chi connectivity index (χ3v) is 2.84. The van der Waals surface area contributed by atoms with Gasteiger partial charge in [-0.15, -0.1) is 0 Å². The molecule has 2 aromatic rings. The predicted octanol–water partition coefficient (Wildman–Crippen LogP) is -1.47. The number of hydrogen-bond acceptors (Lipinski definition) is 5. The molecule has 0 N–H and O–H groups in total. The number of aryl methyl sites for hydroxylation is 1. The fourth-order valence-electron chi connectivity index (χ4n) is 2.08. The van der Waals surface area contributed by atoms with Crippen LogP contribution in [0.3, 0.4) is 0 Å². The lowest BCUT2D eigenvalue weighted by atomic mass is 10.1. The molecule has 0 atom stereocenters. The summed E-state index contributed by atoms with van der Waals surface area (Å²) in [5.74, 6) is 1.68. The molecule has 0 saturated carbocycles. The van der Waals surface area contributed by atoms with Crippen molar-refractivity contribution in [1.82, 2.24) is 19.6 Å². The number of ether oxygens (including phenoxy) is 1. The Hall–Kier alpha value is -1.63. The minimum atomic E-state index is 0.745. The fraction of sp³-hybridized carbons (Fsp3) is 0.500. The van der Waals surface area contributed by atoms with Crippen LogP contribution >= 0.6 is 0 Å². The largest absolute Gasteiger partial charge is 0.378 e. The van der Waals surface area contributed by atoms with Crippen LogP contribution in [0.1, 0.15) is 5.82 Å². The van der Waals surface area contributed by atoms with Gasteiger partial charge in [0.1, 0.15) is 5.82 Å². The second-order valence-corrected chi connectivity index (χ2v) is 4.23. The van der Waals surface area contributed by atoms with E-state index in [0.717, 1.165) is 49.2 Å². The first-order valence-electron chi connectivity index (χ1n) is 5.77. The molecule has 17 heavy (non-hydrogen) atoms. The minimum absolute atomic E-state index is 0.745. The first kappa shape index (κ1) is 10.5. The second kappa shape index (κ2) is 3.99. The van der Waals surface area contributed by atoms with Crippen molar-refractivity contribution in [2.75, 3.05) is 31.2 Å². The second-order valence-electron chi connectivity index (χ2n) is 4.23. The lowest BCUT2D eigenvalue weighted by molar-refractivity contribution is 0.122. The molecule has 0 bridgehead atoms. The maximum Gasteiger partial charge on any atom is 0.198 e. The number of aromatic nitrogens is 4. The minimum Gasteiger partial charge on any atom is -0.378 e. The number of rotatable bonds is 1. The van der Waals surface area contributed by atoms with Crippen LogP contribution in [0, 0.1) is 6.92 Å². The highest BCUT2D eigenvalue weighted by atomic mass is 16.5. The highest BCUT2D eigenvalue weighted by Gasteiger charge is 2.17. The molecule has 1 saturated heterocycles. The zero-order valence-electron chi connectivity index (χ0n) is 10.1. The molecule has 6 nitrogen and oxygen atoms in total. The summed E-state index contributed by atoms with van der Waals surface area (Å²) >= 11 is 0. The van der Waals surface area contributed by atoms with Gasteiger partial charge in [-0.05, 0) is 6.92 Å². The van der Waals surface area contributed by atoms with Crippen LogP contribution in [-0.2, 0) is 4.74 Å². The molecule has 0 aliphatic carbocycles. The van der Waals surface area contributed by atoms with E-state index in [1.807, 2.05) is 25.5 Å². The molecule has 1 aliphatic rings. The molecule has 0 amide bonds. The van der Waals surface area contributed by atoms with E-state index in [4.69, 9.17) is 4.74 Å². The Morgan fingerprint density at radius 2 is 2.06 bits per heavy atom.